The van der Waals surface area contributed by atoms with Gasteiger partial charge in [-0.15, -0.1) is 0 Å². The zero-order chi connectivity index (χ0) is 19.2. The van der Waals surface area contributed by atoms with Crippen molar-refractivity contribution < 1.29 is 23.1 Å². The molecule has 0 saturated carbocycles. The molecule has 144 valence electrons. The van der Waals surface area contributed by atoms with Crippen molar-refractivity contribution in [1.29, 1.82) is 0 Å². The number of hydrogen-bond donors (Lipinski definition) is 3. The fourth-order valence-electron chi connectivity index (χ4n) is 3.54. The highest BCUT2D eigenvalue weighted by Crippen LogP contribution is 2.35. The van der Waals surface area contributed by atoms with Crippen molar-refractivity contribution >= 4 is 11.7 Å². The molecule has 7 heteroatoms. The van der Waals surface area contributed by atoms with E-state index in [1.807, 2.05) is 12.1 Å². The van der Waals surface area contributed by atoms with Crippen LogP contribution in [0, 0.1) is 0 Å². The Morgan fingerprint density at radius 2 is 1.92 bits per heavy atom. The van der Waals surface area contributed by atoms with Gasteiger partial charge in [0.15, 0.2) is 0 Å². The minimum atomic E-state index is -5.08. The Morgan fingerprint density at radius 1 is 1.23 bits per heavy atom. The second-order valence-electron chi connectivity index (χ2n) is 6.68. The van der Waals surface area contributed by atoms with E-state index < -0.39 is 12.1 Å². The number of hydrogen-bond acceptors (Lipinski definition) is 3. The number of carboxylic acids is 1. The fraction of sp³-hybridized carbons (Fsp3) is 0.526. The summed E-state index contributed by atoms with van der Waals surface area (Å²) in [5.41, 5.74) is 10.1. The minimum absolute atomic E-state index is 0.582. The Bertz CT molecular complexity index is 644. The van der Waals surface area contributed by atoms with Crippen LogP contribution in [0.15, 0.2) is 35.9 Å². The number of para-hydroxylation sites is 1. The molecule has 1 heterocycles. The van der Waals surface area contributed by atoms with Crippen molar-refractivity contribution in [2.75, 3.05) is 12.3 Å². The zero-order valence-electron chi connectivity index (χ0n) is 14.6. The Kier molecular flexibility index (Phi) is 7.08. The number of halogens is 3. The molecule has 1 aromatic rings. The number of alkyl halides is 3. The van der Waals surface area contributed by atoms with Gasteiger partial charge in [0, 0.05) is 11.7 Å². The SMILES string of the molecule is Nc1ccccc1C1CCNC(C2=CCCCC2)C1.O=C(O)C(F)(F)F. The molecule has 1 saturated heterocycles. The number of benzene rings is 1. The molecular formula is C19H25F3N2O2. The standard InChI is InChI=1S/C17H24N2.C2HF3O2/c18-16-9-5-4-8-15(16)14-10-11-19-17(12-14)13-6-2-1-3-7-13;3-2(4,5)1(6)7/h4-6,8-9,14,17,19H,1-3,7,10-12,18H2;(H,6,7). The molecule has 4 nitrogen and oxygen atoms in total. The lowest BCUT2D eigenvalue weighted by Crippen LogP contribution is -2.39. The normalized spacial score (nSPS) is 23.4. The molecule has 26 heavy (non-hydrogen) atoms. The average Bonchev–Trinajstić information content (AvgIpc) is 2.63. The van der Waals surface area contributed by atoms with E-state index in [1.54, 1.807) is 5.57 Å². The van der Waals surface area contributed by atoms with Gasteiger partial charge >= 0.3 is 12.1 Å². The second kappa shape index (κ2) is 9.07. The van der Waals surface area contributed by atoms with E-state index in [-0.39, 0.29) is 0 Å². The first-order valence-corrected chi connectivity index (χ1v) is 8.86. The highest BCUT2D eigenvalue weighted by Gasteiger charge is 2.38. The van der Waals surface area contributed by atoms with Crippen LogP contribution in [0.2, 0.25) is 0 Å². The van der Waals surface area contributed by atoms with E-state index >= 15 is 0 Å². The number of nitrogens with one attached hydrogen (secondary N) is 1. The van der Waals surface area contributed by atoms with Gasteiger partial charge in [0.1, 0.15) is 0 Å². The maximum absolute atomic E-state index is 10.6. The van der Waals surface area contributed by atoms with Crippen LogP contribution in [-0.2, 0) is 4.79 Å². The van der Waals surface area contributed by atoms with E-state index in [1.165, 1.54) is 44.1 Å². The summed E-state index contributed by atoms with van der Waals surface area (Å²) in [6, 6.07) is 8.96. The van der Waals surface area contributed by atoms with Gasteiger partial charge in [-0.1, -0.05) is 29.8 Å². The predicted octanol–water partition coefficient (Wildman–Crippen LogP) is 4.24. The molecular weight excluding hydrogens is 345 g/mol. The van der Waals surface area contributed by atoms with Crippen molar-refractivity contribution in [3.8, 4) is 0 Å². The maximum atomic E-state index is 10.6. The lowest BCUT2D eigenvalue weighted by molar-refractivity contribution is -0.192. The van der Waals surface area contributed by atoms with Gasteiger partial charge in [0.2, 0.25) is 0 Å². The van der Waals surface area contributed by atoms with Gasteiger partial charge in [-0.05, 0) is 62.6 Å². The first kappa shape index (κ1) is 20.3. The number of rotatable bonds is 2. The zero-order valence-corrected chi connectivity index (χ0v) is 14.6. The third-order valence-corrected chi connectivity index (χ3v) is 4.86. The first-order valence-electron chi connectivity index (χ1n) is 8.86. The molecule has 1 aromatic carbocycles. The average molecular weight is 370 g/mol. The number of nitrogens with two attached hydrogens (primary N) is 1. The summed E-state index contributed by atoms with van der Waals surface area (Å²) < 4.78 is 31.7. The Labute approximate surface area is 151 Å². The molecule has 2 aliphatic rings. The summed E-state index contributed by atoms with van der Waals surface area (Å²) in [5.74, 6) is -2.14. The van der Waals surface area contributed by atoms with Crippen LogP contribution in [0.5, 0.6) is 0 Å². The Hall–Kier alpha value is -2.02. The van der Waals surface area contributed by atoms with Crippen LogP contribution in [0.1, 0.15) is 50.0 Å². The van der Waals surface area contributed by atoms with Gasteiger partial charge in [0.05, 0.1) is 0 Å². The Balaban J connectivity index is 0.000000298. The van der Waals surface area contributed by atoms with E-state index in [2.05, 4.69) is 23.5 Å². The summed E-state index contributed by atoms with van der Waals surface area (Å²) in [7, 11) is 0. The van der Waals surface area contributed by atoms with Crippen LogP contribution in [0.25, 0.3) is 0 Å². The minimum Gasteiger partial charge on any atom is -0.475 e. The number of carboxylic acid groups (broad SMARTS) is 1. The maximum Gasteiger partial charge on any atom is 0.490 e. The van der Waals surface area contributed by atoms with Crippen LogP contribution in [0.4, 0.5) is 18.9 Å². The van der Waals surface area contributed by atoms with E-state index in [0.29, 0.717) is 12.0 Å². The van der Waals surface area contributed by atoms with Crippen LogP contribution in [-0.4, -0.2) is 29.8 Å². The molecule has 0 radical (unpaired) electrons. The smallest absolute Gasteiger partial charge is 0.475 e. The van der Waals surface area contributed by atoms with E-state index in [0.717, 1.165) is 12.2 Å². The predicted molar refractivity (Wildman–Crippen MR) is 94.9 cm³/mol. The molecule has 1 aliphatic heterocycles. The lowest BCUT2D eigenvalue weighted by atomic mass is 9.81. The van der Waals surface area contributed by atoms with Gasteiger partial charge in [-0.25, -0.2) is 4.79 Å². The Morgan fingerprint density at radius 3 is 2.50 bits per heavy atom. The van der Waals surface area contributed by atoms with Crippen molar-refractivity contribution in [2.45, 2.75) is 56.7 Å². The van der Waals surface area contributed by atoms with Crippen molar-refractivity contribution in [3.05, 3.63) is 41.5 Å². The second-order valence-corrected chi connectivity index (χ2v) is 6.68. The number of allylic oxidation sites excluding steroid dienone is 1. The van der Waals surface area contributed by atoms with Gasteiger partial charge < -0.3 is 16.2 Å². The number of carbonyl (C=O) groups is 1. The van der Waals surface area contributed by atoms with Crippen LogP contribution >= 0.6 is 0 Å². The highest BCUT2D eigenvalue weighted by atomic mass is 19.4. The van der Waals surface area contributed by atoms with Crippen LogP contribution < -0.4 is 11.1 Å². The van der Waals surface area contributed by atoms with Gasteiger partial charge in [0.25, 0.3) is 0 Å². The quantitative estimate of drug-likeness (QED) is 0.538. The molecule has 0 aromatic heterocycles. The molecule has 2 atom stereocenters. The number of anilines is 1. The molecule has 3 rings (SSSR count). The van der Waals surface area contributed by atoms with Crippen molar-refractivity contribution in [3.63, 3.8) is 0 Å². The molecule has 0 bridgehead atoms. The summed E-state index contributed by atoms with van der Waals surface area (Å²) in [6.45, 7) is 1.11. The third kappa shape index (κ3) is 5.76. The van der Waals surface area contributed by atoms with Crippen LogP contribution in [0.3, 0.4) is 0 Å². The third-order valence-electron chi connectivity index (χ3n) is 4.86. The number of nitrogen functional groups attached to an aromatic ring is 1. The molecule has 1 aliphatic carbocycles. The van der Waals surface area contributed by atoms with Gasteiger partial charge in [-0.2, -0.15) is 13.2 Å². The van der Waals surface area contributed by atoms with E-state index in [9.17, 15) is 13.2 Å². The lowest BCUT2D eigenvalue weighted by Gasteiger charge is -2.34. The fourth-order valence-corrected chi connectivity index (χ4v) is 3.54. The van der Waals surface area contributed by atoms with E-state index in [4.69, 9.17) is 15.6 Å². The summed E-state index contributed by atoms with van der Waals surface area (Å²) >= 11 is 0. The topological polar surface area (TPSA) is 75.3 Å². The van der Waals surface area contributed by atoms with Crippen molar-refractivity contribution in [1.82, 2.24) is 5.32 Å². The molecule has 0 amide bonds. The summed E-state index contributed by atoms with van der Waals surface area (Å²) in [5, 5.41) is 10.8. The number of piperidine rings is 1. The molecule has 2 unspecified atom stereocenters. The van der Waals surface area contributed by atoms with Crippen molar-refractivity contribution in [2.24, 2.45) is 0 Å². The highest BCUT2D eigenvalue weighted by molar-refractivity contribution is 5.73. The number of aliphatic carboxylic acids is 1. The molecule has 0 spiro atoms. The van der Waals surface area contributed by atoms with Gasteiger partial charge in [-0.3, -0.25) is 0 Å². The largest absolute Gasteiger partial charge is 0.490 e. The summed E-state index contributed by atoms with van der Waals surface area (Å²) in [4.78, 5) is 8.90. The summed E-state index contributed by atoms with van der Waals surface area (Å²) in [6.07, 6.45) is 5.09. The molecule has 4 N–H and O–H groups in total. The monoisotopic (exact) mass is 370 g/mol. The molecule has 1 fully saturated rings. The first-order chi connectivity index (χ1) is 12.3.